The largest absolute Gasteiger partial charge is 0.385 e. The Balaban J connectivity index is 1.81. The molecule has 2 aliphatic rings. The minimum Gasteiger partial charge on any atom is -0.385 e. The van der Waals surface area contributed by atoms with Crippen LogP contribution in [-0.4, -0.2) is 34.6 Å². The van der Waals surface area contributed by atoms with Crippen LogP contribution in [-0.2, 0) is 6.54 Å². The smallest absolute Gasteiger partial charge is 0.221 e. The second kappa shape index (κ2) is 4.42. The third kappa shape index (κ3) is 1.97. The molecule has 2 unspecified atom stereocenters. The van der Waals surface area contributed by atoms with E-state index in [0.29, 0.717) is 5.84 Å². The van der Waals surface area contributed by atoms with Crippen LogP contribution < -0.4 is 5.73 Å². The Morgan fingerprint density at radius 3 is 2.83 bits per heavy atom. The summed E-state index contributed by atoms with van der Waals surface area (Å²) >= 11 is 5.85. The minimum absolute atomic E-state index is 0.171. The van der Waals surface area contributed by atoms with E-state index in [9.17, 15) is 0 Å². The van der Waals surface area contributed by atoms with Gasteiger partial charge in [0.25, 0.3) is 0 Å². The molecule has 0 spiro atoms. The van der Waals surface area contributed by atoms with Crippen LogP contribution in [0.4, 0.5) is 0 Å². The number of fused-ring (bicyclic) bond motifs is 1. The van der Waals surface area contributed by atoms with Crippen LogP contribution in [0.15, 0.2) is 45.3 Å². The van der Waals surface area contributed by atoms with E-state index >= 15 is 0 Å². The Labute approximate surface area is 110 Å². The Hall–Kier alpha value is -1.88. The fourth-order valence-corrected chi connectivity index (χ4v) is 2.29. The molecule has 1 aromatic carbocycles. The standard InChI is InChI=1S/C12H12ClN5/c13-12-16-10(14)9-11(17-12)18(7-15-9)6-8-4-2-1-3-5-8/h1-5,7,9,11H,6H2,(H2,14,16,17). The van der Waals surface area contributed by atoms with Crippen LogP contribution >= 0.6 is 11.6 Å². The predicted molar refractivity (Wildman–Crippen MR) is 73.0 cm³/mol. The van der Waals surface area contributed by atoms with Crippen molar-refractivity contribution in [1.82, 2.24) is 4.90 Å². The van der Waals surface area contributed by atoms with Gasteiger partial charge in [-0.15, -0.1) is 0 Å². The Morgan fingerprint density at radius 2 is 2.06 bits per heavy atom. The third-order valence-electron chi connectivity index (χ3n) is 2.97. The van der Waals surface area contributed by atoms with E-state index in [1.807, 2.05) is 23.1 Å². The molecule has 92 valence electrons. The number of hydrogen-bond donors (Lipinski definition) is 1. The molecule has 3 rings (SSSR count). The highest BCUT2D eigenvalue weighted by Gasteiger charge is 2.35. The molecule has 0 fully saturated rings. The molecule has 0 bridgehead atoms. The summed E-state index contributed by atoms with van der Waals surface area (Å²) in [5, 5.41) is 0.192. The summed E-state index contributed by atoms with van der Waals surface area (Å²) < 4.78 is 0. The topological polar surface area (TPSA) is 66.3 Å². The molecule has 0 aromatic heterocycles. The Morgan fingerprint density at radius 1 is 1.28 bits per heavy atom. The second-order valence-electron chi connectivity index (χ2n) is 4.22. The number of benzene rings is 1. The molecule has 0 saturated carbocycles. The van der Waals surface area contributed by atoms with Crippen molar-refractivity contribution in [3.8, 4) is 0 Å². The van der Waals surface area contributed by atoms with Gasteiger partial charge in [0.05, 0.1) is 6.34 Å². The molecule has 2 atom stereocenters. The van der Waals surface area contributed by atoms with Gasteiger partial charge < -0.3 is 10.6 Å². The lowest BCUT2D eigenvalue weighted by Crippen LogP contribution is -2.44. The molecular weight excluding hydrogens is 250 g/mol. The third-order valence-corrected chi connectivity index (χ3v) is 3.15. The van der Waals surface area contributed by atoms with Crippen LogP contribution in [0.2, 0.25) is 0 Å². The van der Waals surface area contributed by atoms with Crippen LogP contribution in [0.3, 0.4) is 0 Å². The first-order chi connectivity index (χ1) is 8.74. The molecule has 2 heterocycles. The van der Waals surface area contributed by atoms with E-state index in [4.69, 9.17) is 17.3 Å². The molecule has 2 N–H and O–H groups in total. The van der Waals surface area contributed by atoms with E-state index in [1.54, 1.807) is 6.34 Å². The number of nitrogens with zero attached hydrogens (tertiary/aromatic N) is 4. The van der Waals surface area contributed by atoms with Crippen LogP contribution in [0.1, 0.15) is 5.56 Å². The maximum Gasteiger partial charge on any atom is 0.221 e. The van der Waals surface area contributed by atoms with Crippen molar-refractivity contribution in [2.45, 2.75) is 18.8 Å². The Bertz CT molecular complexity index is 537. The molecule has 0 radical (unpaired) electrons. The van der Waals surface area contributed by atoms with Gasteiger partial charge in [-0.1, -0.05) is 30.3 Å². The monoisotopic (exact) mass is 261 g/mol. The normalized spacial score (nSPS) is 25.7. The van der Waals surface area contributed by atoms with Crippen molar-refractivity contribution in [3.05, 3.63) is 35.9 Å². The molecule has 0 saturated heterocycles. The molecular formula is C12H12ClN5. The van der Waals surface area contributed by atoms with Crippen molar-refractivity contribution in [1.29, 1.82) is 0 Å². The lowest BCUT2D eigenvalue weighted by atomic mass is 10.1. The number of rotatable bonds is 2. The first-order valence-electron chi connectivity index (χ1n) is 5.64. The van der Waals surface area contributed by atoms with E-state index in [0.717, 1.165) is 6.54 Å². The summed E-state index contributed by atoms with van der Waals surface area (Å²) in [6.07, 6.45) is 1.60. The quantitative estimate of drug-likeness (QED) is 0.813. The molecule has 5 nitrogen and oxygen atoms in total. The highest BCUT2D eigenvalue weighted by Crippen LogP contribution is 2.22. The van der Waals surface area contributed by atoms with Crippen LogP contribution in [0.5, 0.6) is 0 Å². The lowest BCUT2D eigenvalue weighted by Gasteiger charge is -2.26. The summed E-state index contributed by atoms with van der Waals surface area (Å²) in [4.78, 5) is 14.6. The molecule has 0 aliphatic carbocycles. The minimum atomic E-state index is -0.212. The van der Waals surface area contributed by atoms with Gasteiger partial charge in [-0.05, 0) is 17.2 Å². The highest BCUT2D eigenvalue weighted by atomic mass is 35.5. The highest BCUT2D eigenvalue weighted by molar-refractivity contribution is 6.65. The van der Waals surface area contributed by atoms with Crippen molar-refractivity contribution >= 4 is 29.1 Å². The number of halogens is 1. The van der Waals surface area contributed by atoms with Crippen LogP contribution in [0, 0.1) is 0 Å². The zero-order valence-corrected chi connectivity index (χ0v) is 10.3. The summed E-state index contributed by atoms with van der Waals surface area (Å²) in [5.74, 6) is 0.423. The van der Waals surface area contributed by atoms with E-state index in [2.05, 4.69) is 27.1 Å². The zero-order valence-electron chi connectivity index (χ0n) is 9.57. The molecule has 18 heavy (non-hydrogen) atoms. The molecule has 6 heteroatoms. The van der Waals surface area contributed by atoms with Crippen molar-refractivity contribution < 1.29 is 0 Å². The van der Waals surface area contributed by atoms with E-state index in [1.165, 1.54) is 5.56 Å². The van der Waals surface area contributed by atoms with Gasteiger partial charge in [-0.25, -0.2) is 9.98 Å². The maximum absolute atomic E-state index is 5.85. The van der Waals surface area contributed by atoms with Gasteiger partial charge in [-0.3, -0.25) is 4.99 Å². The molecule has 1 aromatic rings. The summed E-state index contributed by atoms with van der Waals surface area (Å²) in [5.41, 5.74) is 7.00. The average Bonchev–Trinajstić information content (AvgIpc) is 2.74. The van der Waals surface area contributed by atoms with Gasteiger partial charge >= 0.3 is 0 Å². The van der Waals surface area contributed by atoms with Gasteiger partial charge in [0, 0.05) is 6.54 Å². The number of amidine groups is 2. The SMILES string of the molecule is NC1=NC(Cl)=NC2C1N=CN2Cc1ccccc1. The predicted octanol–water partition coefficient (Wildman–Crippen LogP) is 1.19. The zero-order chi connectivity index (χ0) is 12.5. The lowest BCUT2D eigenvalue weighted by molar-refractivity contribution is 0.335. The number of aliphatic imine (C=N–C) groups is 3. The van der Waals surface area contributed by atoms with Crippen LogP contribution in [0.25, 0.3) is 0 Å². The summed E-state index contributed by atoms with van der Waals surface area (Å²) in [6, 6.07) is 9.92. The summed E-state index contributed by atoms with van der Waals surface area (Å²) in [7, 11) is 0. The first-order valence-corrected chi connectivity index (χ1v) is 6.02. The fraction of sp³-hybridized carbons (Fsp3) is 0.250. The van der Waals surface area contributed by atoms with Gasteiger partial charge in [-0.2, -0.15) is 0 Å². The summed E-state index contributed by atoms with van der Waals surface area (Å²) in [6.45, 7) is 0.729. The van der Waals surface area contributed by atoms with E-state index < -0.39 is 0 Å². The first kappa shape index (κ1) is 11.2. The average molecular weight is 262 g/mol. The van der Waals surface area contributed by atoms with Crippen molar-refractivity contribution in [2.24, 2.45) is 20.7 Å². The second-order valence-corrected chi connectivity index (χ2v) is 4.55. The van der Waals surface area contributed by atoms with Crippen molar-refractivity contribution in [2.75, 3.05) is 0 Å². The van der Waals surface area contributed by atoms with E-state index in [-0.39, 0.29) is 17.5 Å². The number of hydrogen-bond acceptors (Lipinski definition) is 5. The van der Waals surface area contributed by atoms with Gasteiger partial charge in [0.15, 0.2) is 6.17 Å². The number of nitrogens with two attached hydrogens (primary N) is 1. The Kier molecular flexibility index (Phi) is 2.76. The molecule has 0 amide bonds. The van der Waals surface area contributed by atoms with Gasteiger partial charge in [0.1, 0.15) is 11.9 Å². The maximum atomic E-state index is 5.85. The molecule has 2 aliphatic heterocycles. The van der Waals surface area contributed by atoms with Gasteiger partial charge in [0.2, 0.25) is 5.29 Å². The fourth-order valence-electron chi connectivity index (χ4n) is 2.10. The van der Waals surface area contributed by atoms with Crippen molar-refractivity contribution in [3.63, 3.8) is 0 Å².